The Morgan fingerprint density at radius 2 is 2.06 bits per heavy atom. The van der Waals surface area contributed by atoms with Gasteiger partial charge in [0.05, 0.1) is 11.1 Å². The van der Waals surface area contributed by atoms with E-state index in [2.05, 4.69) is 4.74 Å². The van der Waals surface area contributed by atoms with Gasteiger partial charge >= 0.3 is 12.6 Å². The number of alkyl halides is 2. The molecular weight excluding hydrogens is 229 g/mol. The number of carboxylic acids is 1. The number of aromatic carboxylic acids is 1. The number of hydrogen-bond donors (Lipinski definition) is 1. The number of benzene rings is 1. The van der Waals surface area contributed by atoms with E-state index in [1.165, 1.54) is 0 Å². The Morgan fingerprint density at radius 3 is 2.50 bits per heavy atom. The molecule has 0 radical (unpaired) electrons. The van der Waals surface area contributed by atoms with Crippen molar-refractivity contribution in [3.05, 3.63) is 29.1 Å². The van der Waals surface area contributed by atoms with Gasteiger partial charge in [-0.1, -0.05) is 0 Å². The Labute approximate surface area is 87.3 Å². The van der Waals surface area contributed by atoms with Crippen LogP contribution in [-0.4, -0.2) is 24.0 Å². The summed E-state index contributed by atoms with van der Waals surface area (Å²) in [5.74, 6) is -3.55. The highest BCUT2D eigenvalue weighted by Crippen LogP contribution is 2.24. The summed E-state index contributed by atoms with van der Waals surface area (Å²) >= 11 is 0. The van der Waals surface area contributed by atoms with Crippen molar-refractivity contribution in [3.63, 3.8) is 0 Å². The van der Waals surface area contributed by atoms with Gasteiger partial charge < -0.3 is 9.84 Å². The minimum atomic E-state index is -3.28. The van der Waals surface area contributed by atoms with E-state index in [-0.39, 0.29) is 6.29 Å². The molecule has 0 aliphatic heterocycles. The lowest BCUT2D eigenvalue weighted by Crippen LogP contribution is -2.08. The third-order valence-electron chi connectivity index (χ3n) is 1.67. The molecule has 1 N–H and O–H groups in total. The van der Waals surface area contributed by atoms with Crippen molar-refractivity contribution in [3.8, 4) is 5.75 Å². The van der Waals surface area contributed by atoms with Crippen molar-refractivity contribution in [1.82, 2.24) is 0 Å². The maximum Gasteiger partial charge on any atom is 0.387 e. The molecule has 4 nitrogen and oxygen atoms in total. The Hall–Kier alpha value is -2.05. The average molecular weight is 234 g/mol. The first-order valence-corrected chi connectivity index (χ1v) is 3.92. The van der Waals surface area contributed by atoms with Gasteiger partial charge in [0.2, 0.25) is 0 Å². The highest BCUT2D eigenvalue weighted by Gasteiger charge is 2.17. The van der Waals surface area contributed by atoms with E-state index in [9.17, 15) is 22.8 Å². The van der Waals surface area contributed by atoms with Crippen molar-refractivity contribution in [2.24, 2.45) is 0 Å². The van der Waals surface area contributed by atoms with Gasteiger partial charge in [-0.2, -0.15) is 8.78 Å². The molecule has 0 aliphatic rings. The van der Waals surface area contributed by atoms with Gasteiger partial charge in [0.1, 0.15) is 11.6 Å². The maximum atomic E-state index is 13.1. The zero-order valence-electron chi connectivity index (χ0n) is 7.62. The van der Waals surface area contributed by atoms with Gasteiger partial charge in [-0.25, -0.2) is 9.18 Å². The topological polar surface area (TPSA) is 63.6 Å². The lowest BCUT2D eigenvalue weighted by atomic mass is 10.1. The van der Waals surface area contributed by atoms with Crippen LogP contribution in [0.25, 0.3) is 0 Å². The van der Waals surface area contributed by atoms with Crippen molar-refractivity contribution < 1.29 is 32.6 Å². The predicted octanol–water partition coefficient (Wildman–Crippen LogP) is 1.94. The molecule has 1 aromatic carbocycles. The lowest BCUT2D eigenvalue weighted by molar-refractivity contribution is -0.0503. The fourth-order valence-corrected chi connectivity index (χ4v) is 1.02. The zero-order chi connectivity index (χ0) is 12.3. The Bertz CT molecular complexity index is 431. The largest absolute Gasteiger partial charge is 0.478 e. The summed E-state index contributed by atoms with van der Waals surface area (Å²) in [4.78, 5) is 20.9. The minimum Gasteiger partial charge on any atom is -0.478 e. The van der Waals surface area contributed by atoms with Gasteiger partial charge in [-0.3, -0.25) is 4.79 Å². The molecular formula is C9H5F3O4. The summed E-state index contributed by atoms with van der Waals surface area (Å²) < 4.78 is 40.7. The van der Waals surface area contributed by atoms with E-state index in [4.69, 9.17) is 5.11 Å². The second-order valence-electron chi connectivity index (χ2n) is 2.67. The second kappa shape index (κ2) is 4.65. The van der Waals surface area contributed by atoms with Gasteiger partial charge in [0.25, 0.3) is 0 Å². The van der Waals surface area contributed by atoms with Crippen molar-refractivity contribution in [1.29, 1.82) is 0 Å². The fraction of sp³-hybridized carbons (Fsp3) is 0.111. The molecule has 0 atom stereocenters. The van der Waals surface area contributed by atoms with E-state index in [0.717, 1.165) is 0 Å². The molecule has 0 saturated carbocycles. The van der Waals surface area contributed by atoms with Crippen LogP contribution in [0.15, 0.2) is 12.1 Å². The molecule has 0 saturated heterocycles. The Balaban J connectivity index is 3.30. The molecule has 1 aromatic rings. The quantitative estimate of drug-likeness (QED) is 0.808. The van der Waals surface area contributed by atoms with Crippen LogP contribution >= 0.6 is 0 Å². The SMILES string of the molecule is O=Cc1c(F)cc(C(=O)O)cc1OC(F)F. The molecule has 0 heterocycles. The molecule has 16 heavy (non-hydrogen) atoms. The van der Waals surface area contributed by atoms with Gasteiger partial charge in [-0.15, -0.1) is 0 Å². The van der Waals surface area contributed by atoms with Crippen LogP contribution in [0.4, 0.5) is 13.2 Å². The summed E-state index contributed by atoms with van der Waals surface area (Å²) in [6, 6.07) is 1.20. The lowest BCUT2D eigenvalue weighted by Gasteiger charge is -2.08. The van der Waals surface area contributed by atoms with E-state index >= 15 is 0 Å². The fourth-order valence-electron chi connectivity index (χ4n) is 1.02. The Morgan fingerprint density at radius 1 is 1.44 bits per heavy atom. The smallest absolute Gasteiger partial charge is 0.387 e. The van der Waals surface area contributed by atoms with Gasteiger partial charge in [0, 0.05) is 0 Å². The third kappa shape index (κ3) is 2.50. The number of hydrogen-bond acceptors (Lipinski definition) is 3. The van der Waals surface area contributed by atoms with E-state index in [1.54, 1.807) is 0 Å². The number of aldehydes is 1. The highest BCUT2D eigenvalue weighted by atomic mass is 19.3. The van der Waals surface area contributed by atoms with Crippen LogP contribution in [0.1, 0.15) is 20.7 Å². The number of carboxylic acid groups (broad SMARTS) is 1. The molecule has 0 aromatic heterocycles. The molecule has 86 valence electrons. The summed E-state index contributed by atoms with van der Waals surface area (Å²) in [5, 5.41) is 8.53. The van der Waals surface area contributed by atoms with Crippen molar-refractivity contribution in [2.45, 2.75) is 6.61 Å². The molecule has 0 aliphatic carbocycles. The van der Waals surface area contributed by atoms with Crippen molar-refractivity contribution in [2.75, 3.05) is 0 Å². The molecule has 0 amide bonds. The number of carbonyl (C=O) groups is 2. The summed E-state index contributed by atoms with van der Waals surface area (Å²) in [5.41, 5.74) is -1.33. The van der Waals surface area contributed by atoms with E-state index in [0.29, 0.717) is 12.1 Å². The van der Waals surface area contributed by atoms with Crippen LogP contribution in [-0.2, 0) is 0 Å². The number of ether oxygens (including phenoxy) is 1. The van der Waals surface area contributed by atoms with E-state index < -0.39 is 35.3 Å². The standard InChI is InChI=1S/C9H5F3O4/c10-6-1-4(8(14)15)2-7(5(6)3-13)16-9(11)12/h1-3,9H,(H,14,15). The number of carbonyl (C=O) groups excluding carboxylic acids is 1. The summed E-state index contributed by atoms with van der Waals surface area (Å²) in [6.07, 6.45) is -0.0291. The first kappa shape index (κ1) is 12.0. The molecule has 0 bridgehead atoms. The first-order valence-electron chi connectivity index (χ1n) is 3.92. The minimum absolute atomic E-state index is 0.0291. The molecule has 1 rings (SSSR count). The van der Waals surface area contributed by atoms with Gasteiger partial charge in [0.15, 0.2) is 6.29 Å². The first-order chi connectivity index (χ1) is 7.45. The molecule has 0 fully saturated rings. The third-order valence-corrected chi connectivity index (χ3v) is 1.67. The van der Waals surface area contributed by atoms with Crippen LogP contribution < -0.4 is 4.74 Å². The molecule has 0 spiro atoms. The Kier molecular flexibility index (Phi) is 3.49. The van der Waals surface area contributed by atoms with Crippen LogP contribution in [0.5, 0.6) is 5.75 Å². The zero-order valence-corrected chi connectivity index (χ0v) is 7.62. The highest BCUT2D eigenvalue weighted by molar-refractivity contribution is 5.90. The maximum absolute atomic E-state index is 13.1. The monoisotopic (exact) mass is 234 g/mol. The van der Waals surface area contributed by atoms with Gasteiger partial charge in [-0.05, 0) is 12.1 Å². The second-order valence-corrected chi connectivity index (χ2v) is 2.67. The van der Waals surface area contributed by atoms with Crippen LogP contribution in [0.3, 0.4) is 0 Å². The molecule has 7 heteroatoms. The number of rotatable bonds is 4. The average Bonchev–Trinajstić information content (AvgIpc) is 2.16. The number of halogens is 3. The van der Waals surface area contributed by atoms with Crippen LogP contribution in [0, 0.1) is 5.82 Å². The normalized spacial score (nSPS) is 10.2. The summed E-state index contributed by atoms with van der Waals surface area (Å²) in [7, 11) is 0. The van der Waals surface area contributed by atoms with E-state index in [1.807, 2.05) is 0 Å². The van der Waals surface area contributed by atoms with Crippen molar-refractivity contribution >= 4 is 12.3 Å². The van der Waals surface area contributed by atoms with Crippen LogP contribution in [0.2, 0.25) is 0 Å². The predicted molar refractivity (Wildman–Crippen MR) is 45.4 cm³/mol. The summed E-state index contributed by atoms with van der Waals surface area (Å²) in [6.45, 7) is -3.28. The molecule has 0 unspecified atom stereocenters.